The first-order valence-electron chi connectivity index (χ1n) is 12.3. The summed E-state index contributed by atoms with van der Waals surface area (Å²) in [5.41, 5.74) is 4.20. The van der Waals surface area contributed by atoms with Crippen molar-refractivity contribution in [1.82, 2.24) is 24.6 Å². The smallest absolute Gasteiger partial charge is 0.459 e. The maximum Gasteiger partial charge on any atom is 0.459 e. The number of hydrogen-bond acceptors (Lipinski definition) is 11. The number of anilines is 2. The third-order valence-corrected chi connectivity index (χ3v) is 8.29. The number of benzene rings is 1. The van der Waals surface area contributed by atoms with Gasteiger partial charge in [0.05, 0.1) is 12.9 Å². The molecule has 0 radical (unpaired) electrons. The zero-order valence-corrected chi connectivity index (χ0v) is 22.1. The number of imidazole rings is 1. The topological polar surface area (TPSA) is 187 Å². The highest BCUT2D eigenvalue weighted by Gasteiger charge is 2.56. The number of aliphatic carboxylic acids is 1. The summed E-state index contributed by atoms with van der Waals surface area (Å²) in [6.07, 6.45) is -2.11. The summed E-state index contributed by atoms with van der Waals surface area (Å²) in [5, 5.41) is 22.4. The fourth-order valence-corrected chi connectivity index (χ4v) is 5.87. The molecule has 2 unspecified atom stereocenters. The molecule has 3 aromatic rings. The maximum atomic E-state index is 16.0. The molecule has 6 atom stereocenters. The number of fused-ring (bicyclic) bond motifs is 1. The number of carboxylic acids is 1. The van der Waals surface area contributed by atoms with Crippen LogP contribution < -0.4 is 20.2 Å². The fraction of sp³-hybridized carbons (Fsp3) is 0.478. The molecular formula is C23H29FN7O7P. The second-order valence-electron chi connectivity index (χ2n) is 9.58. The summed E-state index contributed by atoms with van der Waals surface area (Å²) in [5.74, 6) is -0.649. The number of carboxylic acid groups (broad SMARTS) is 1. The Labute approximate surface area is 222 Å². The molecule has 39 heavy (non-hydrogen) atoms. The van der Waals surface area contributed by atoms with Gasteiger partial charge in [0, 0.05) is 13.1 Å². The Balaban J connectivity index is 1.38. The standard InChI is InChI=1S/C23H29FN7O7P/c1-13(20(33)34)29-39(35,38-14-7-4-3-5-8-14)36-11-15-17(32)23(2,24)21(37-15)31-12-26-16-18(30-9-6-10-30)27-22(25)28-19(16)31/h3-5,7-8,12-13,15,17,21,32H,6,9-11H2,1-2H3,(H,29,35)(H,33,34)(H2,25,27,28)/t13?,15-,17-,21-,23-,39?/m1/s1. The van der Waals surface area contributed by atoms with E-state index in [-0.39, 0.29) is 17.3 Å². The summed E-state index contributed by atoms with van der Waals surface area (Å²) in [7, 11) is -4.32. The number of nitrogens with zero attached hydrogens (tertiary/aromatic N) is 5. The van der Waals surface area contributed by atoms with E-state index in [1.165, 1.54) is 30.0 Å². The Bertz CT molecular complexity index is 1400. The van der Waals surface area contributed by atoms with Gasteiger partial charge in [0.15, 0.2) is 28.9 Å². The van der Waals surface area contributed by atoms with Crippen molar-refractivity contribution in [2.75, 3.05) is 30.3 Å². The highest BCUT2D eigenvalue weighted by Crippen LogP contribution is 2.48. The third-order valence-electron chi connectivity index (χ3n) is 6.65. The average Bonchev–Trinajstić information content (AvgIpc) is 3.35. The Hall–Kier alpha value is -3.36. The number of nitrogen functional groups attached to an aromatic ring is 1. The number of alkyl halides is 1. The lowest BCUT2D eigenvalue weighted by atomic mass is 9.98. The molecule has 0 bridgehead atoms. The van der Waals surface area contributed by atoms with E-state index in [1.54, 1.807) is 18.2 Å². The number of halogens is 1. The molecule has 210 valence electrons. The van der Waals surface area contributed by atoms with Gasteiger partial charge in [0.2, 0.25) is 5.95 Å². The van der Waals surface area contributed by atoms with E-state index in [1.807, 2.05) is 4.90 Å². The van der Waals surface area contributed by atoms with Crippen LogP contribution in [0.3, 0.4) is 0 Å². The lowest BCUT2D eigenvalue weighted by Crippen LogP contribution is -2.41. The summed E-state index contributed by atoms with van der Waals surface area (Å²) in [6.45, 7) is 3.37. The van der Waals surface area contributed by atoms with Crippen LogP contribution in [0.2, 0.25) is 0 Å². The normalized spacial score (nSPS) is 27.2. The van der Waals surface area contributed by atoms with Crippen molar-refractivity contribution >= 4 is 36.6 Å². The number of nitrogens with two attached hydrogens (primary N) is 1. The molecule has 0 amide bonds. The number of carbonyl (C=O) groups is 1. The van der Waals surface area contributed by atoms with Gasteiger partial charge in [-0.25, -0.2) is 13.9 Å². The molecule has 1 aromatic carbocycles. The van der Waals surface area contributed by atoms with E-state index in [0.717, 1.165) is 26.4 Å². The van der Waals surface area contributed by atoms with E-state index in [9.17, 15) is 19.6 Å². The predicted molar refractivity (Wildman–Crippen MR) is 137 cm³/mol. The number of aliphatic hydroxyl groups is 1. The number of rotatable bonds is 10. The van der Waals surface area contributed by atoms with Gasteiger partial charge < -0.3 is 30.1 Å². The first-order chi connectivity index (χ1) is 18.5. The minimum absolute atomic E-state index is 0.0252. The lowest BCUT2D eigenvalue weighted by molar-refractivity contribution is -0.138. The van der Waals surface area contributed by atoms with E-state index in [0.29, 0.717) is 11.3 Å². The number of aliphatic hydroxyl groups excluding tert-OH is 1. The van der Waals surface area contributed by atoms with Crippen LogP contribution >= 0.6 is 7.75 Å². The van der Waals surface area contributed by atoms with Gasteiger partial charge in [0.1, 0.15) is 24.0 Å². The van der Waals surface area contributed by atoms with Crippen LogP contribution in [-0.4, -0.2) is 79.3 Å². The summed E-state index contributed by atoms with van der Waals surface area (Å²) < 4.78 is 47.6. The maximum absolute atomic E-state index is 16.0. The number of para-hydroxylation sites is 1. The SMILES string of the molecule is CC(NP(=O)(OC[C@H]1O[C@@H](n2cnc3c(N4CCC4)nc(N)nc32)[C@](C)(F)[C@@H]1O)Oc1ccccc1)C(=O)O. The molecule has 16 heteroatoms. The van der Waals surface area contributed by atoms with Crippen LogP contribution in [-0.2, 0) is 18.6 Å². The van der Waals surface area contributed by atoms with Crippen LogP contribution in [0.4, 0.5) is 16.2 Å². The molecule has 0 aliphatic carbocycles. The van der Waals surface area contributed by atoms with Crippen LogP contribution in [0.5, 0.6) is 5.75 Å². The lowest BCUT2D eigenvalue weighted by Gasteiger charge is -2.32. The van der Waals surface area contributed by atoms with Gasteiger partial charge in [-0.2, -0.15) is 15.1 Å². The molecule has 2 aromatic heterocycles. The van der Waals surface area contributed by atoms with Crippen molar-refractivity contribution in [3.05, 3.63) is 36.7 Å². The van der Waals surface area contributed by atoms with Crippen molar-refractivity contribution in [3.8, 4) is 5.75 Å². The van der Waals surface area contributed by atoms with Gasteiger partial charge >= 0.3 is 13.7 Å². The summed E-state index contributed by atoms with van der Waals surface area (Å²) >= 11 is 0. The van der Waals surface area contributed by atoms with E-state index < -0.39 is 50.5 Å². The molecule has 2 aliphatic heterocycles. The van der Waals surface area contributed by atoms with Gasteiger partial charge in [-0.1, -0.05) is 18.2 Å². The van der Waals surface area contributed by atoms with Crippen molar-refractivity contribution in [1.29, 1.82) is 0 Å². The van der Waals surface area contributed by atoms with Gasteiger partial charge in [-0.3, -0.25) is 13.9 Å². The average molecular weight is 565 g/mol. The van der Waals surface area contributed by atoms with Gasteiger partial charge in [-0.05, 0) is 32.4 Å². The first-order valence-corrected chi connectivity index (χ1v) is 13.8. The zero-order chi connectivity index (χ0) is 27.9. The monoisotopic (exact) mass is 565 g/mol. The molecular weight excluding hydrogens is 536 g/mol. The van der Waals surface area contributed by atoms with Crippen molar-refractivity contribution in [2.24, 2.45) is 0 Å². The minimum Gasteiger partial charge on any atom is -0.480 e. The summed E-state index contributed by atoms with van der Waals surface area (Å²) in [6, 6.07) is 6.67. The van der Waals surface area contributed by atoms with E-state index in [2.05, 4.69) is 20.0 Å². The van der Waals surface area contributed by atoms with Crippen LogP contribution in [0.1, 0.15) is 26.5 Å². The van der Waals surface area contributed by atoms with Crippen molar-refractivity contribution < 1.29 is 37.7 Å². The zero-order valence-electron chi connectivity index (χ0n) is 21.2. The first kappa shape index (κ1) is 27.2. The molecule has 0 saturated carbocycles. The highest BCUT2D eigenvalue weighted by atomic mass is 31.2. The van der Waals surface area contributed by atoms with Crippen LogP contribution in [0.15, 0.2) is 36.7 Å². The van der Waals surface area contributed by atoms with Crippen molar-refractivity contribution in [3.63, 3.8) is 0 Å². The predicted octanol–water partition coefficient (Wildman–Crippen LogP) is 1.87. The summed E-state index contributed by atoms with van der Waals surface area (Å²) in [4.78, 5) is 26.2. The molecule has 2 fully saturated rings. The van der Waals surface area contributed by atoms with E-state index >= 15 is 4.39 Å². The Morgan fingerprint density at radius 2 is 2.08 bits per heavy atom. The third kappa shape index (κ3) is 5.28. The van der Waals surface area contributed by atoms with E-state index in [4.69, 9.17) is 19.5 Å². The molecule has 2 aliphatic rings. The number of nitrogens with one attached hydrogen (secondary N) is 1. The number of ether oxygens (including phenoxy) is 1. The van der Waals surface area contributed by atoms with Crippen LogP contribution in [0, 0.1) is 0 Å². The minimum atomic E-state index is -4.32. The molecule has 5 rings (SSSR count). The van der Waals surface area contributed by atoms with Gasteiger partial charge in [0.25, 0.3) is 0 Å². The Morgan fingerprint density at radius 3 is 2.72 bits per heavy atom. The molecule has 14 nitrogen and oxygen atoms in total. The molecule has 0 spiro atoms. The van der Waals surface area contributed by atoms with Gasteiger partial charge in [-0.15, -0.1) is 0 Å². The fourth-order valence-electron chi connectivity index (χ4n) is 4.36. The van der Waals surface area contributed by atoms with Crippen molar-refractivity contribution in [2.45, 2.75) is 50.4 Å². The molecule has 5 N–H and O–H groups in total. The highest BCUT2D eigenvalue weighted by molar-refractivity contribution is 7.52. The molecule has 4 heterocycles. The Morgan fingerprint density at radius 1 is 1.36 bits per heavy atom. The number of hydrogen-bond donors (Lipinski definition) is 4. The largest absolute Gasteiger partial charge is 0.480 e. The molecule has 2 saturated heterocycles. The quantitative estimate of drug-likeness (QED) is 0.261. The van der Waals surface area contributed by atoms with Crippen LogP contribution in [0.25, 0.3) is 11.2 Å². The Kier molecular flexibility index (Phi) is 7.20. The second-order valence-corrected chi connectivity index (χ2v) is 11.3. The number of aromatic nitrogens is 4. The second kappa shape index (κ2) is 10.3.